The maximum absolute atomic E-state index is 12.0. The van der Waals surface area contributed by atoms with Crippen LogP contribution < -0.4 is 0 Å². The average molecular weight is 288 g/mol. The van der Waals surface area contributed by atoms with E-state index in [1.165, 1.54) is 12.8 Å². The second-order valence-electron chi connectivity index (χ2n) is 5.27. The number of thioether (sulfide) groups is 2. The first-order chi connectivity index (χ1) is 8.52. The summed E-state index contributed by atoms with van der Waals surface area (Å²) in [6.07, 6.45) is 3.18. The van der Waals surface area contributed by atoms with E-state index in [4.69, 9.17) is 0 Å². The maximum Gasteiger partial charge on any atom is 0.137 e. The molecule has 1 aliphatic heterocycles. The summed E-state index contributed by atoms with van der Waals surface area (Å²) in [5.74, 6) is 4.39. The minimum atomic E-state index is -0.252. The Kier molecular flexibility index (Phi) is 6.78. The standard InChI is InChI=1S/C14H24O2S2/c1-4-5-6-17-9-14(12(3)16)7-13(11(2)15)8-18-10-14/h13H,4-10H2,1-3H3. The molecule has 4 heteroatoms. The Morgan fingerprint density at radius 3 is 2.67 bits per heavy atom. The van der Waals surface area contributed by atoms with Crippen LogP contribution >= 0.6 is 23.5 Å². The van der Waals surface area contributed by atoms with Gasteiger partial charge in [0.1, 0.15) is 11.6 Å². The molecule has 1 aliphatic rings. The second kappa shape index (κ2) is 7.59. The Morgan fingerprint density at radius 1 is 1.39 bits per heavy atom. The van der Waals surface area contributed by atoms with Gasteiger partial charge in [0.05, 0.1) is 0 Å². The Balaban J connectivity index is 2.62. The highest BCUT2D eigenvalue weighted by Crippen LogP contribution is 2.41. The van der Waals surface area contributed by atoms with Crippen molar-refractivity contribution < 1.29 is 9.59 Å². The van der Waals surface area contributed by atoms with Crippen LogP contribution in [0, 0.1) is 11.3 Å². The summed E-state index contributed by atoms with van der Waals surface area (Å²) in [5.41, 5.74) is -0.252. The quantitative estimate of drug-likeness (QED) is 0.672. The minimum Gasteiger partial charge on any atom is -0.300 e. The van der Waals surface area contributed by atoms with Gasteiger partial charge in [0.15, 0.2) is 0 Å². The highest BCUT2D eigenvalue weighted by molar-refractivity contribution is 8.00. The van der Waals surface area contributed by atoms with E-state index < -0.39 is 0 Å². The van der Waals surface area contributed by atoms with Crippen molar-refractivity contribution in [2.75, 3.05) is 23.0 Å². The van der Waals surface area contributed by atoms with Gasteiger partial charge in [0.2, 0.25) is 0 Å². The number of hydrogen-bond donors (Lipinski definition) is 0. The van der Waals surface area contributed by atoms with E-state index >= 15 is 0 Å². The Bertz CT molecular complexity index is 304. The molecule has 0 amide bonds. The Labute approximate surface area is 119 Å². The largest absolute Gasteiger partial charge is 0.300 e. The molecule has 104 valence electrons. The summed E-state index contributed by atoms with van der Waals surface area (Å²) in [4.78, 5) is 23.6. The molecule has 1 fully saturated rings. The highest BCUT2D eigenvalue weighted by Gasteiger charge is 2.41. The molecule has 2 unspecified atom stereocenters. The number of ketones is 2. The zero-order valence-electron chi connectivity index (χ0n) is 11.7. The SMILES string of the molecule is CCCCSCC1(C(C)=O)CSCC(C(C)=O)C1. The van der Waals surface area contributed by atoms with E-state index in [0.717, 1.165) is 29.4 Å². The van der Waals surface area contributed by atoms with Crippen LogP contribution in [-0.2, 0) is 9.59 Å². The van der Waals surface area contributed by atoms with Crippen LogP contribution in [0.5, 0.6) is 0 Å². The van der Waals surface area contributed by atoms with Gasteiger partial charge in [-0.05, 0) is 32.4 Å². The predicted octanol–water partition coefficient (Wildman–Crippen LogP) is 3.44. The molecular formula is C14H24O2S2. The lowest BCUT2D eigenvalue weighted by Crippen LogP contribution is -2.42. The summed E-state index contributed by atoms with van der Waals surface area (Å²) in [6.45, 7) is 5.54. The molecule has 0 aliphatic carbocycles. The van der Waals surface area contributed by atoms with Crippen LogP contribution in [0.15, 0.2) is 0 Å². The third kappa shape index (κ3) is 4.30. The van der Waals surface area contributed by atoms with E-state index in [1.807, 2.05) is 11.8 Å². The van der Waals surface area contributed by atoms with Crippen LogP contribution in [0.1, 0.15) is 40.0 Å². The van der Waals surface area contributed by atoms with Crippen molar-refractivity contribution in [3.63, 3.8) is 0 Å². The molecule has 2 nitrogen and oxygen atoms in total. The van der Waals surface area contributed by atoms with Crippen LogP contribution in [-0.4, -0.2) is 34.6 Å². The average Bonchev–Trinajstić information content (AvgIpc) is 2.35. The fraction of sp³-hybridized carbons (Fsp3) is 0.857. The number of rotatable bonds is 7. The number of hydrogen-bond acceptors (Lipinski definition) is 4. The molecule has 0 aromatic carbocycles. The monoisotopic (exact) mass is 288 g/mol. The molecule has 18 heavy (non-hydrogen) atoms. The highest BCUT2D eigenvalue weighted by atomic mass is 32.2. The fourth-order valence-corrected chi connectivity index (χ4v) is 5.36. The second-order valence-corrected chi connectivity index (χ2v) is 7.40. The van der Waals surface area contributed by atoms with Crippen molar-refractivity contribution >= 4 is 35.1 Å². The number of carbonyl (C=O) groups is 2. The summed E-state index contributed by atoms with van der Waals surface area (Å²) in [6, 6.07) is 0. The van der Waals surface area contributed by atoms with Crippen LogP contribution in [0.2, 0.25) is 0 Å². The van der Waals surface area contributed by atoms with E-state index in [1.54, 1.807) is 25.6 Å². The van der Waals surface area contributed by atoms with Crippen LogP contribution in [0.25, 0.3) is 0 Å². The first-order valence-electron chi connectivity index (χ1n) is 6.69. The fourth-order valence-electron chi connectivity index (χ4n) is 2.21. The Morgan fingerprint density at radius 2 is 2.11 bits per heavy atom. The third-order valence-electron chi connectivity index (χ3n) is 3.68. The van der Waals surface area contributed by atoms with Crippen molar-refractivity contribution in [3.05, 3.63) is 0 Å². The van der Waals surface area contributed by atoms with Crippen molar-refractivity contribution in [1.29, 1.82) is 0 Å². The van der Waals surface area contributed by atoms with Gasteiger partial charge in [0, 0.05) is 28.6 Å². The smallest absolute Gasteiger partial charge is 0.137 e. The Hall–Kier alpha value is 0.0400. The lowest BCUT2D eigenvalue weighted by molar-refractivity contribution is -0.127. The number of unbranched alkanes of at least 4 members (excludes halogenated alkanes) is 1. The summed E-state index contributed by atoms with van der Waals surface area (Å²) in [5, 5.41) is 0. The molecule has 0 bridgehead atoms. The van der Waals surface area contributed by atoms with E-state index in [2.05, 4.69) is 6.92 Å². The van der Waals surface area contributed by atoms with E-state index in [-0.39, 0.29) is 22.9 Å². The van der Waals surface area contributed by atoms with Crippen LogP contribution in [0.4, 0.5) is 0 Å². The predicted molar refractivity (Wildman–Crippen MR) is 81.5 cm³/mol. The topological polar surface area (TPSA) is 34.1 Å². The maximum atomic E-state index is 12.0. The third-order valence-corrected chi connectivity index (χ3v) is 6.41. The van der Waals surface area contributed by atoms with Crippen molar-refractivity contribution in [1.82, 2.24) is 0 Å². The van der Waals surface area contributed by atoms with Gasteiger partial charge in [-0.3, -0.25) is 9.59 Å². The molecule has 2 atom stereocenters. The first kappa shape index (κ1) is 16.1. The minimum absolute atomic E-state index is 0.0828. The van der Waals surface area contributed by atoms with Gasteiger partial charge in [-0.15, -0.1) is 0 Å². The number of carbonyl (C=O) groups excluding carboxylic acids is 2. The van der Waals surface area contributed by atoms with Crippen LogP contribution in [0.3, 0.4) is 0 Å². The molecule has 1 saturated heterocycles. The van der Waals surface area contributed by atoms with Crippen molar-refractivity contribution in [3.8, 4) is 0 Å². The van der Waals surface area contributed by atoms with Gasteiger partial charge >= 0.3 is 0 Å². The summed E-state index contributed by atoms with van der Waals surface area (Å²) < 4.78 is 0. The molecular weight excluding hydrogens is 264 g/mol. The normalized spacial score (nSPS) is 28.1. The molecule has 1 rings (SSSR count). The summed E-state index contributed by atoms with van der Waals surface area (Å²) in [7, 11) is 0. The molecule has 0 radical (unpaired) electrons. The molecule has 0 aromatic rings. The number of Topliss-reactive ketones (excluding diaryl/α,β-unsaturated/α-hetero) is 2. The van der Waals surface area contributed by atoms with Gasteiger partial charge in [-0.2, -0.15) is 23.5 Å². The van der Waals surface area contributed by atoms with Crippen molar-refractivity contribution in [2.24, 2.45) is 11.3 Å². The van der Waals surface area contributed by atoms with Gasteiger partial charge in [0.25, 0.3) is 0 Å². The summed E-state index contributed by atoms with van der Waals surface area (Å²) >= 11 is 3.66. The zero-order chi connectivity index (χ0) is 13.6. The molecule has 1 heterocycles. The molecule has 0 aromatic heterocycles. The molecule has 0 N–H and O–H groups in total. The van der Waals surface area contributed by atoms with E-state index in [0.29, 0.717) is 0 Å². The molecule has 0 spiro atoms. The van der Waals surface area contributed by atoms with E-state index in [9.17, 15) is 9.59 Å². The van der Waals surface area contributed by atoms with Gasteiger partial charge in [-0.1, -0.05) is 13.3 Å². The van der Waals surface area contributed by atoms with Gasteiger partial charge in [-0.25, -0.2) is 0 Å². The lowest BCUT2D eigenvalue weighted by atomic mass is 9.78. The zero-order valence-corrected chi connectivity index (χ0v) is 13.3. The lowest BCUT2D eigenvalue weighted by Gasteiger charge is -2.37. The van der Waals surface area contributed by atoms with Crippen molar-refractivity contribution in [2.45, 2.75) is 40.0 Å². The first-order valence-corrected chi connectivity index (χ1v) is 9.00. The molecule has 0 saturated carbocycles. The van der Waals surface area contributed by atoms with Gasteiger partial charge < -0.3 is 0 Å².